The van der Waals surface area contributed by atoms with Gasteiger partial charge in [0.1, 0.15) is 17.7 Å². The molecule has 1 unspecified atom stereocenters. The third kappa shape index (κ3) is 3.76. The van der Waals surface area contributed by atoms with Crippen LogP contribution in [0.5, 0.6) is 0 Å². The molecule has 8 nitrogen and oxygen atoms in total. The van der Waals surface area contributed by atoms with Crippen molar-refractivity contribution in [3.63, 3.8) is 0 Å². The normalized spacial score (nSPS) is 23.9. The molecule has 0 bridgehead atoms. The first-order valence-electron chi connectivity index (χ1n) is 12.0. The van der Waals surface area contributed by atoms with Gasteiger partial charge in [-0.3, -0.25) is 4.79 Å². The third-order valence-electron chi connectivity index (χ3n) is 7.73. The summed E-state index contributed by atoms with van der Waals surface area (Å²) in [6, 6.07) is 16.1. The number of piperidine rings is 1. The number of carboxylic acid groups (broad SMARTS) is 1. The fraction of sp³-hybridized carbons (Fsp3) is 0.444. The molecule has 3 atom stereocenters. The van der Waals surface area contributed by atoms with Crippen LogP contribution in [0.15, 0.2) is 48.5 Å². The molecule has 0 spiro atoms. The summed E-state index contributed by atoms with van der Waals surface area (Å²) in [4.78, 5) is 40.0. The minimum atomic E-state index is -1.45. The Kier molecular flexibility index (Phi) is 5.79. The second kappa shape index (κ2) is 8.68. The summed E-state index contributed by atoms with van der Waals surface area (Å²) >= 11 is 0. The summed E-state index contributed by atoms with van der Waals surface area (Å²) in [5, 5.41) is 12.6. The number of benzene rings is 2. The summed E-state index contributed by atoms with van der Waals surface area (Å²) in [5.41, 5.74) is 1.80. The van der Waals surface area contributed by atoms with Gasteiger partial charge in [0.25, 0.3) is 5.91 Å². The highest BCUT2D eigenvalue weighted by Gasteiger charge is 2.68. The van der Waals surface area contributed by atoms with Crippen LogP contribution in [0, 0.1) is 5.92 Å². The van der Waals surface area contributed by atoms with Gasteiger partial charge >= 0.3 is 12.1 Å². The number of likely N-dealkylation sites (tertiary alicyclic amines) is 1. The Morgan fingerprint density at radius 3 is 2.34 bits per heavy atom. The molecule has 2 aromatic rings. The Morgan fingerprint density at radius 2 is 1.74 bits per heavy atom. The number of hydrogen-bond donors (Lipinski definition) is 2. The number of hydrogen-bond acceptors (Lipinski definition) is 5. The molecular weight excluding hydrogens is 448 g/mol. The Hall–Kier alpha value is -3.39. The summed E-state index contributed by atoms with van der Waals surface area (Å²) < 4.78 is 10.9. The van der Waals surface area contributed by atoms with Gasteiger partial charge in [-0.15, -0.1) is 0 Å². The minimum absolute atomic E-state index is 0.0426. The molecule has 2 aromatic carbocycles. The van der Waals surface area contributed by atoms with E-state index in [4.69, 9.17) is 9.47 Å². The van der Waals surface area contributed by atoms with Gasteiger partial charge in [0, 0.05) is 19.6 Å². The van der Waals surface area contributed by atoms with Crippen molar-refractivity contribution >= 4 is 18.0 Å². The highest BCUT2D eigenvalue weighted by Crippen LogP contribution is 2.54. The van der Waals surface area contributed by atoms with E-state index < -0.39 is 29.0 Å². The number of methoxy groups -OCH3 is 1. The van der Waals surface area contributed by atoms with Crippen LogP contribution in [0.2, 0.25) is 0 Å². The minimum Gasteiger partial charge on any atom is -0.479 e. The number of carbonyl (C=O) groups is 3. The maximum absolute atomic E-state index is 13.6. The van der Waals surface area contributed by atoms with Gasteiger partial charge in [-0.1, -0.05) is 48.5 Å². The molecule has 2 fully saturated rings. The van der Waals surface area contributed by atoms with Crippen molar-refractivity contribution < 1.29 is 29.0 Å². The van der Waals surface area contributed by atoms with Gasteiger partial charge in [-0.2, -0.15) is 0 Å². The predicted molar refractivity (Wildman–Crippen MR) is 128 cm³/mol. The van der Waals surface area contributed by atoms with Gasteiger partial charge in [-0.05, 0) is 54.4 Å². The molecule has 1 aliphatic heterocycles. The van der Waals surface area contributed by atoms with Gasteiger partial charge in [-0.25, -0.2) is 9.59 Å². The number of amides is 2. The second-order valence-electron chi connectivity index (χ2n) is 9.95. The van der Waals surface area contributed by atoms with Gasteiger partial charge < -0.3 is 24.8 Å². The van der Waals surface area contributed by atoms with E-state index in [-0.39, 0.29) is 25.0 Å². The van der Waals surface area contributed by atoms with E-state index in [0.717, 1.165) is 35.1 Å². The first-order chi connectivity index (χ1) is 16.8. The van der Waals surface area contributed by atoms with Crippen LogP contribution in [0.4, 0.5) is 4.79 Å². The first-order valence-corrected chi connectivity index (χ1v) is 12.0. The van der Waals surface area contributed by atoms with Crippen LogP contribution >= 0.6 is 0 Å². The molecule has 35 heavy (non-hydrogen) atoms. The van der Waals surface area contributed by atoms with Crippen molar-refractivity contribution in [2.75, 3.05) is 26.9 Å². The predicted octanol–water partition coefficient (Wildman–Crippen LogP) is 3.40. The van der Waals surface area contributed by atoms with E-state index in [1.54, 1.807) is 6.92 Å². The van der Waals surface area contributed by atoms with Gasteiger partial charge in [0.2, 0.25) is 0 Å². The topological polar surface area (TPSA) is 105 Å². The van der Waals surface area contributed by atoms with E-state index in [1.807, 2.05) is 36.4 Å². The zero-order valence-electron chi connectivity index (χ0n) is 20.0. The molecule has 0 radical (unpaired) electrons. The molecule has 1 saturated heterocycles. The number of fused-ring (bicyclic) bond motifs is 4. The van der Waals surface area contributed by atoms with Crippen LogP contribution in [0.1, 0.15) is 43.2 Å². The zero-order chi connectivity index (χ0) is 24.8. The molecule has 2 amide bonds. The maximum Gasteiger partial charge on any atom is 0.408 e. The number of carboxylic acids is 1. The summed E-state index contributed by atoms with van der Waals surface area (Å²) in [6.07, 6.45) is 1.23. The molecule has 2 N–H and O–H groups in total. The zero-order valence-corrected chi connectivity index (χ0v) is 20.0. The van der Waals surface area contributed by atoms with E-state index in [1.165, 1.54) is 12.0 Å². The lowest BCUT2D eigenvalue weighted by molar-refractivity contribution is -0.158. The second-order valence-corrected chi connectivity index (χ2v) is 9.95. The van der Waals surface area contributed by atoms with Crippen LogP contribution < -0.4 is 5.32 Å². The number of nitrogens with zero attached hydrogens (tertiary/aromatic N) is 1. The largest absolute Gasteiger partial charge is 0.479 e. The lowest BCUT2D eigenvalue weighted by Gasteiger charge is -2.40. The lowest BCUT2D eigenvalue weighted by Crippen LogP contribution is -2.65. The van der Waals surface area contributed by atoms with Crippen LogP contribution in [-0.2, 0) is 19.1 Å². The quantitative estimate of drug-likeness (QED) is 0.632. The van der Waals surface area contributed by atoms with E-state index in [0.29, 0.717) is 13.0 Å². The number of alkyl carbamates (subject to hydrolysis) is 1. The average molecular weight is 479 g/mol. The summed E-state index contributed by atoms with van der Waals surface area (Å²) in [5.74, 6) is -1.60. The first kappa shape index (κ1) is 23.4. The van der Waals surface area contributed by atoms with Crippen LogP contribution in [0.25, 0.3) is 11.1 Å². The molecular formula is C27H30N2O6. The third-order valence-corrected chi connectivity index (χ3v) is 7.73. The Morgan fingerprint density at radius 1 is 1.11 bits per heavy atom. The molecule has 1 heterocycles. The Labute approximate surface area is 204 Å². The van der Waals surface area contributed by atoms with Gasteiger partial charge in [0.15, 0.2) is 0 Å². The number of aliphatic carboxylic acids is 1. The smallest absolute Gasteiger partial charge is 0.408 e. The lowest BCUT2D eigenvalue weighted by atomic mass is 9.95. The average Bonchev–Trinajstić information content (AvgIpc) is 3.53. The van der Waals surface area contributed by atoms with E-state index in [2.05, 4.69) is 17.4 Å². The van der Waals surface area contributed by atoms with Crippen molar-refractivity contribution in [3.05, 3.63) is 59.7 Å². The van der Waals surface area contributed by atoms with Crippen LogP contribution in [0.3, 0.4) is 0 Å². The maximum atomic E-state index is 13.6. The molecule has 8 heteroatoms. The number of nitrogens with one attached hydrogen (secondary N) is 1. The van der Waals surface area contributed by atoms with Crippen molar-refractivity contribution in [2.24, 2.45) is 5.92 Å². The monoisotopic (exact) mass is 478 g/mol. The summed E-state index contributed by atoms with van der Waals surface area (Å²) in [7, 11) is 1.44. The van der Waals surface area contributed by atoms with Crippen molar-refractivity contribution in [1.29, 1.82) is 0 Å². The van der Waals surface area contributed by atoms with Crippen molar-refractivity contribution in [2.45, 2.75) is 43.2 Å². The molecule has 1 saturated carbocycles. The number of carbonyl (C=O) groups excluding carboxylic acids is 2. The molecule has 2 aliphatic carbocycles. The summed E-state index contributed by atoms with van der Waals surface area (Å²) in [6.45, 7) is 1.91. The van der Waals surface area contributed by atoms with Crippen molar-refractivity contribution in [3.8, 4) is 11.1 Å². The van der Waals surface area contributed by atoms with Crippen molar-refractivity contribution in [1.82, 2.24) is 10.2 Å². The van der Waals surface area contributed by atoms with Gasteiger partial charge in [0.05, 0.1) is 6.61 Å². The highest BCUT2D eigenvalue weighted by molar-refractivity contribution is 5.96. The fourth-order valence-corrected chi connectivity index (χ4v) is 5.94. The molecule has 5 rings (SSSR count). The number of rotatable bonds is 7. The molecule has 0 aromatic heterocycles. The SMILES string of the molecule is COCC(C)(NC(=O)OCC1c2ccccc2-c2ccccc21)C(=O)N1CCC[C@H]2C[C@]21C(=O)O. The highest BCUT2D eigenvalue weighted by atomic mass is 16.5. The Balaban J connectivity index is 1.31. The Bertz CT molecular complexity index is 1140. The fourth-order valence-electron chi connectivity index (χ4n) is 5.94. The molecule has 184 valence electrons. The van der Waals surface area contributed by atoms with E-state index >= 15 is 0 Å². The van der Waals surface area contributed by atoms with E-state index in [9.17, 15) is 19.5 Å². The van der Waals surface area contributed by atoms with Crippen LogP contribution in [-0.4, -0.2) is 65.9 Å². The number of ether oxygens (including phenoxy) is 2. The standard InChI is InChI=1S/C27H30N2O6/c1-26(16-34-2,23(30)29-13-7-8-17-14-27(17,29)24(31)32)28-25(33)35-15-22-20-11-5-3-9-18(20)19-10-4-6-12-21(19)22/h3-6,9-12,17,22H,7-8,13-16H2,1-2H3,(H,28,33)(H,31,32)/t17-,26?,27+/m0/s1. The molecule has 3 aliphatic rings.